The first-order valence-electron chi connectivity index (χ1n) is 9.49. The number of rotatable bonds is 3. The minimum absolute atomic E-state index is 0.0826. The van der Waals surface area contributed by atoms with Gasteiger partial charge in [0.05, 0.1) is 29.2 Å². The van der Waals surface area contributed by atoms with Gasteiger partial charge in [-0.2, -0.15) is 13.2 Å². The van der Waals surface area contributed by atoms with Crippen LogP contribution in [-0.4, -0.2) is 42.9 Å². The van der Waals surface area contributed by atoms with Crippen molar-refractivity contribution in [1.29, 1.82) is 0 Å². The van der Waals surface area contributed by atoms with E-state index in [-0.39, 0.29) is 24.1 Å². The first kappa shape index (κ1) is 20.7. The standard InChI is InChI=1S/C21H21F3N2O3S/c1-13-6-14(2)8-17(7-13)26-19-12-30(28,29)11-18(19)25(20(26)27)10-15-4-3-5-16(9-15)21(22,23)24/h3-9,18-19H,10-12H2,1-2H3/t18-,19-/m1/s1. The molecule has 0 unspecified atom stereocenters. The molecular weight excluding hydrogens is 417 g/mol. The summed E-state index contributed by atoms with van der Waals surface area (Å²) < 4.78 is 63.9. The van der Waals surface area contributed by atoms with Gasteiger partial charge in [-0.25, -0.2) is 13.2 Å². The Hall–Kier alpha value is -2.55. The van der Waals surface area contributed by atoms with Crippen LogP contribution in [0.2, 0.25) is 0 Å². The molecule has 0 saturated carbocycles. The molecule has 0 radical (unpaired) electrons. The fraction of sp³-hybridized carbons (Fsp3) is 0.381. The van der Waals surface area contributed by atoms with Crippen LogP contribution in [0, 0.1) is 13.8 Å². The summed E-state index contributed by atoms with van der Waals surface area (Å²) in [5, 5.41) is 0. The van der Waals surface area contributed by atoms with Gasteiger partial charge in [-0.15, -0.1) is 0 Å². The smallest absolute Gasteiger partial charge is 0.314 e. The highest BCUT2D eigenvalue weighted by atomic mass is 32.2. The SMILES string of the molecule is Cc1cc(C)cc(N2C(=O)N(Cc3cccc(C(F)(F)F)c3)[C@@H]3CS(=O)(=O)C[C@H]32)c1. The first-order chi connectivity index (χ1) is 13.9. The summed E-state index contributed by atoms with van der Waals surface area (Å²) in [7, 11) is -3.36. The summed E-state index contributed by atoms with van der Waals surface area (Å²) in [6, 6.07) is 8.83. The van der Waals surface area contributed by atoms with Gasteiger partial charge < -0.3 is 4.90 Å². The molecule has 2 aromatic rings. The van der Waals surface area contributed by atoms with Crippen LogP contribution in [0.1, 0.15) is 22.3 Å². The van der Waals surface area contributed by atoms with Gasteiger partial charge in [-0.3, -0.25) is 4.90 Å². The van der Waals surface area contributed by atoms with E-state index in [0.29, 0.717) is 11.3 Å². The lowest BCUT2D eigenvalue weighted by Crippen LogP contribution is -2.37. The molecule has 2 aliphatic rings. The summed E-state index contributed by atoms with van der Waals surface area (Å²) in [4.78, 5) is 16.2. The maximum Gasteiger partial charge on any atom is 0.416 e. The van der Waals surface area contributed by atoms with Gasteiger partial charge in [0, 0.05) is 12.2 Å². The van der Waals surface area contributed by atoms with Crippen molar-refractivity contribution in [3.05, 3.63) is 64.7 Å². The average molecular weight is 438 g/mol. The number of halogens is 3. The number of alkyl halides is 3. The second-order valence-electron chi connectivity index (χ2n) is 8.04. The molecule has 2 aliphatic heterocycles. The number of hydrogen-bond donors (Lipinski definition) is 0. The van der Waals surface area contributed by atoms with Crippen LogP contribution in [0.4, 0.5) is 23.7 Å². The van der Waals surface area contributed by atoms with Crippen molar-refractivity contribution in [3.8, 4) is 0 Å². The minimum atomic E-state index is -4.49. The quantitative estimate of drug-likeness (QED) is 0.683. The monoisotopic (exact) mass is 438 g/mol. The Morgan fingerprint density at radius 2 is 1.63 bits per heavy atom. The van der Waals surface area contributed by atoms with Gasteiger partial charge in [-0.05, 0) is 54.8 Å². The number of fused-ring (bicyclic) bond motifs is 1. The van der Waals surface area contributed by atoms with Crippen molar-refractivity contribution in [2.75, 3.05) is 16.4 Å². The third kappa shape index (κ3) is 3.78. The topological polar surface area (TPSA) is 57.7 Å². The fourth-order valence-electron chi connectivity index (χ4n) is 4.40. The highest BCUT2D eigenvalue weighted by Crippen LogP contribution is 2.37. The fourth-order valence-corrected chi connectivity index (χ4v) is 6.35. The summed E-state index contributed by atoms with van der Waals surface area (Å²) in [6.45, 7) is 3.70. The Kier molecular flexibility index (Phi) is 4.84. The van der Waals surface area contributed by atoms with Crippen LogP contribution in [0.15, 0.2) is 42.5 Å². The zero-order valence-electron chi connectivity index (χ0n) is 16.5. The number of carbonyl (C=O) groups is 1. The second kappa shape index (κ2) is 7.01. The molecule has 0 bridgehead atoms. The lowest BCUT2D eigenvalue weighted by Gasteiger charge is -2.23. The molecule has 5 nitrogen and oxygen atoms in total. The summed E-state index contributed by atoms with van der Waals surface area (Å²) in [6.07, 6.45) is -4.49. The van der Waals surface area contributed by atoms with Gasteiger partial charge in [0.25, 0.3) is 0 Å². The molecule has 0 spiro atoms. The molecule has 2 fully saturated rings. The lowest BCUT2D eigenvalue weighted by molar-refractivity contribution is -0.137. The van der Waals surface area contributed by atoms with Crippen LogP contribution < -0.4 is 4.90 Å². The third-order valence-electron chi connectivity index (χ3n) is 5.57. The molecule has 0 aliphatic carbocycles. The summed E-state index contributed by atoms with van der Waals surface area (Å²) >= 11 is 0. The molecule has 0 N–H and O–H groups in total. The van der Waals surface area contributed by atoms with Crippen LogP contribution in [0.3, 0.4) is 0 Å². The molecule has 2 aromatic carbocycles. The van der Waals surface area contributed by atoms with E-state index in [0.717, 1.165) is 23.3 Å². The maximum absolute atomic E-state index is 13.3. The number of nitrogens with zero attached hydrogens (tertiary/aromatic N) is 2. The van der Waals surface area contributed by atoms with Gasteiger partial charge in [0.15, 0.2) is 9.84 Å². The number of aryl methyl sites for hydroxylation is 2. The Bertz CT molecular complexity index is 1090. The Labute approximate surface area is 173 Å². The van der Waals surface area contributed by atoms with Crippen molar-refractivity contribution < 1.29 is 26.4 Å². The molecule has 2 heterocycles. The molecule has 160 valence electrons. The van der Waals surface area contributed by atoms with Crippen molar-refractivity contribution >= 4 is 21.6 Å². The minimum Gasteiger partial charge on any atom is -0.314 e. The van der Waals surface area contributed by atoms with Crippen LogP contribution >= 0.6 is 0 Å². The molecule has 4 rings (SSSR count). The van der Waals surface area contributed by atoms with Crippen LogP contribution in [0.25, 0.3) is 0 Å². The van der Waals surface area contributed by atoms with E-state index in [1.54, 1.807) is 0 Å². The van der Waals surface area contributed by atoms with E-state index >= 15 is 0 Å². The number of hydrogen-bond acceptors (Lipinski definition) is 3. The van der Waals surface area contributed by atoms with E-state index in [2.05, 4.69) is 0 Å². The largest absolute Gasteiger partial charge is 0.416 e. The highest BCUT2D eigenvalue weighted by molar-refractivity contribution is 7.91. The predicted octanol–water partition coefficient (Wildman–Crippen LogP) is 3.93. The molecule has 2 atom stereocenters. The number of anilines is 1. The van der Waals surface area contributed by atoms with Gasteiger partial charge in [-0.1, -0.05) is 18.2 Å². The molecule has 30 heavy (non-hydrogen) atoms. The molecule has 2 amide bonds. The predicted molar refractivity (Wildman–Crippen MR) is 107 cm³/mol. The molecular formula is C21H21F3N2O3S. The molecule has 2 saturated heterocycles. The van der Waals surface area contributed by atoms with Crippen molar-refractivity contribution in [2.45, 2.75) is 38.7 Å². The Balaban J connectivity index is 1.71. The maximum atomic E-state index is 13.3. The first-order valence-corrected chi connectivity index (χ1v) is 11.3. The number of urea groups is 1. The van der Waals surface area contributed by atoms with Gasteiger partial charge in [0.2, 0.25) is 0 Å². The van der Waals surface area contributed by atoms with E-state index in [4.69, 9.17) is 0 Å². The highest BCUT2D eigenvalue weighted by Gasteiger charge is 2.53. The van der Waals surface area contributed by atoms with E-state index in [9.17, 15) is 26.4 Å². The van der Waals surface area contributed by atoms with Crippen molar-refractivity contribution in [2.24, 2.45) is 0 Å². The average Bonchev–Trinajstić information content (AvgIpc) is 3.04. The Morgan fingerprint density at radius 1 is 1.00 bits per heavy atom. The number of sulfone groups is 1. The van der Waals surface area contributed by atoms with Gasteiger partial charge in [0.1, 0.15) is 0 Å². The van der Waals surface area contributed by atoms with E-state index in [1.807, 2.05) is 32.0 Å². The third-order valence-corrected chi connectivity index (χ3v) is 7.27. The van der Waals surface area contributed by atoms with Gasteiger partial charge >= 0.3 is 12.2 Å². The number of benzene rings is 2. The summed E-state index contributed by atoms with van der Waals surface area (Å²) in [5.41, 5.74) is 1.99. The van der Waals surface area contributed by atoms with Crippen LogP contribution in [0.5, 0.6) is 0 Å². The normalized spacial score (nSPS) is 23.2. The van der Waals surface area contributed by atoms with Crippen molar-refractivity contribution in [3.63, 3.8) is 0 Å². The lowest BCUT2D eigenvalue weighted by atomic mass is 10.1. The molecule has 0 aromatic heterocycles. The van der Waals surface area contributed by atoms with E-state index in [1.165, 1.54) is 21.9 Å². The number of amides is 2. The zero-order chi connectivity index (χ0) is 21.8. The number of carbonyl (C=O) groups excluding carboxylic acids is 1. The van der Waals surface area contributed by atoms with E-state index < -0.39 is 33.7 Å². The molecule has 9 heteroatoms. The second-order valence-corrected chi connectivity index (χ2v) is 10.2. The summed E-state index contributed by atoms with van der Waals surface area (Å²) in [5.74, 6) is -0.348. The zero-order valence-corrected chi connectivity index (χ0v) is 17.3. The van der Waals surface area contributed by atoms with Crippen LogP contribution in [-0.2, 0) is 22.6 Å². The Morgan fingerprint density at radius 3 is 2.27 bits per heavy atom. The van der Waals surface area contributed by atoms with Crippen molar-refractivity contribution in [1.82, 2.24) is 4.90 Å².